The topological polar surface area (TPSA) is 48.3 Å². The van der Waals surface area contributed by atoms with E-state index in [1.165, 1.54) is 21.8 Å². The van der Waals surface area contributed by atoms with Crippen molar-refractivity contribution in [3.8, 4) is 23.0 Å². The van der Waals surface area contributed by atoms with E-state index in [2.05, 4.69) is 113 Å². The van der Waals surface area contributed by atoms with Crippen LogP contribution in [0.4, 0.5) is 34.1 Å². The number of fused-ring (bicyclic) bond motifs is 3. The number of hydrogen-bond acceptors (Lipinski definition) is 6. The van der Waals surface area contributed by atoms with E-state index in [1.54, 1.807) is 28.4 Å². The Labute approximate surface area is 365 Å². The fourth-order valence-corrected chi connectivity index (χ4v) is 6.68. The zero-order valence-corrected chi connectivity index (χ0v) is 36.9. The maximum atomic E-state index is 5.49. The van der Waals surface area contributed by atoms with Crippen molar-refractivity contribution in [3.63, 3.8) is 0 Å². The fraction of sp³-hybridized carbons (Fsp3) is 0.159. The average Bonchev–Trinajstić information content (AvgIpc) is 3.50. The van der Waals surface area contributed by atoms with Crippen LogP contribution in [0.3, 0.4) is 0 Å². The first-order chi connectivity index (χ1) is 25.0. The molecule has 6 aromatic carbocycles. The van der Waals surface area contributed by atoms with Crippen molar-refractivity contribution in [1.82, 2.24) is 4.57 Å². The molecule has 52 heavy (non-hydrogen) atoms. The second kappa shape index (κ2) is 17.2. The van der Waals surface area contributed by atoms with Gasteiger partial charge in [0.15, 0.2) is 0 Å². The molecule has 7 nitrogen and oxygen atoms in total. The van der Waals surface area contributed by atoms with Crippen molar-refractivity contribution in [3.05, 3.63) is 140 Å². The molecule has 0 saturated carbocycles. The Morgan fingerprint density at radius 3 is 1.00 bits per heavy atom. The molecule has 0 unspecified atom stereocenters. The predicted octanol–water partition coefficient (Wildman–Crippen LogP) is 8.39. The van der Waals surface area contributed by atoms with Gasteiger partial charge in [0.2, 0.25) is 0 Å². The number of ether oxygens (including phenoxy) is 4. The number of methoxy groups -OCH3 is 4. The molecule has 0 spiro atoms. The molecule has 1 heterocycles. The maximum absolute atomic E-state index is 5.49. The molecule has 1 aromatic heterocycles. The van der Waals surface area contributed by atoms with Crippen LogP contribution in [0.5, 0.6) is 23.0 Å². The molecule has 0 aliphatic rings. The number of rotatable bonds is 13. The van der Waals surface area contributed by atoms with E-state index in [9.17, 15) is 0 Å². The normalized spacial score (nSPS) is 10.9. The maximum Gasteiger partial charge on any atom is 1.00 e. The van der Waals surface area contributed by atoms with Crippen LogP contribution in [0.15, 0.2) is 133 Å². The van der Waals surface area contributed by atoms with Crippen molar-refractivity contribution in [2.45, 2.75) is 19.9 Å². The van der Waals surface area contributed by atoms with Crippen LogP contribution < -0.4 is 97.6 Å². The molecule has 0 aliphatic heterocycles. The van der Waals surface area contributed by atoms with Crippen LogP contribution in [0, 0.1) is 6.42 Å². The van der Waals surface area contributed by atoms with Crippen molar-refractivity contribution in [2.75, 3.05) is 38.2 Å². The SMILES string of the molecule is C[CH-]CCn1c2ccc(N(c3ccc(OC)cc3)c3ccc(OC)cc3)cc2c2cc(N(c3ccc(OC)cc3)c3ccc(OC)cc3)ccc21.[Cs+]. The standard InChI is InChI=1S/C44H42N3O4.Cs/c1-6-7-28-45-43-26-16-35(46(31-8-18-37(48-2)19-9-31)32-10-20-38(49-3)21-11-32)29-41(43)42-30-36(17-27-44(42)45)47(33-12-22-39(50-4)23-13-33)34-14-24-40(51-5)25-15-34;/h6,8-27,29-30H,7,28H2,1-5H3;/q-1;+1. The van der Waals surface area contributed by atoms with Gasteiger partial charge in [0, 0.05) is 55.9 Å². The zero-order chi connectivity index (χ0) is 35.3. The summed E-state index contributed by atoms with van der Waals surface area (Å²) in [7, 11) is 6.76. The van der Waals surface area contributed by atoms with E-state index >= 15 is 0 Å². The summed E-state index contributed by atoms with van der Waals surface area (Å²) < 4.78 is 24.4. The van der Waals surface area contributed by atoms with Gasteiger partial charge in [0.05, 0.1) is 28.4 Å². The van der Waals surface area contributed by atoms with Gasteiger partial charge in [-0.05, 0) is 140 Å². The minimum atomic E-state index is 0. The summed E-state index contributed by atoms with van der Waals surface area (Å²) in [4.78, 5) is 4.54. The smallest absolute Gasteiger partial charge is 0.497 e. The average molecular weight is 810 g/mol. The van der Waals surface area contributed by atoms with E-state index in [0.717, 1.165) is 70.1 Å². The molecule has 0 amide bonds. The van der Waals surface area contributed by atoms with Gasteiger partial charge in [-0.25, -0.2) is 0 Å². The fourth-order valence-electron chi connectivity index (χ4n) is 6.68. The minimum absolute atomic E-state index is 0. The predicted molar refractivity (Wildman–Crippen MR) is 210 cm³/mol. The Kier molecular flexibility index (Phi) is 12.5. The van der Waals surface area contributed by atoms with E-state index in [4.69, 9.17) is 18.9 Å². The second-order valence-electron chi connectivity index (χ2n) is 12.2. The van der Waals surface area contributed by atoms with Crippen molar-refractivity contribution >= 4 is 55.9 Å². The van der Waals surface area contributed by atoms with Gasteiger partial charge in [-0.2, -0.15) is 13.3 Å². The molecule has 8 heteroatoms. The number of anilines is 6. The third kappa shape index (κ3) is 7.69. The van der Waals surface area contributed by atoms with Gasteiger partial charge in [-0.15, -0.1) is 0 Å². The summed E-state index contributed by atoms with van der Waals surface area (Å²) in [6.07, 6.45) is 3.20. The van der Waals surface area contributed by atoms with Crippen molar-refractivity contribution < 1.29 is 87.8 Å². The Bertz CT molecular complexity index is 1980. The van der Waals surface area contributed by atoms with Gasteiger partial charge in [-0.3, -0.25) is 0 Å². The number of benzene rings is 6. The van der Waals surface area contributed by atoms with Crippen molar-refractivity contribution in [1.29, 1.82) is 0 Å². The van der Waals surface area contributed by atoms with E-state index in [0.29, 0.717) is 0 Å². The Balaban J connectivity index is 0.00000464. The number of aryl methyl sites for hydroxylation is 1. The molecule has 258 valence electrons. The first kappa shape index (κ1) is 37.7. The molecule has 0 radical (unpaired) electrons. The largest absolute Gasteiger partial charge is 1.00 e. The van der Waals surface area contributed by atoms with E-state index in [-0.39, 0.29) is 68.9 Å². The summed E-state index contributed by atoms with van der Waals surface area (Å²) in [5, 5.41) is 2.36. The van der Waals surface area contributed by atoms with Gasteiger partial charge >= 0.3 is 68.9 Å². The molecule has 0 bridgehead atoms. The molecule has 0 atom stereocenters. The number of unbranched alkanes of at least 4 members (excludes halogenated alkanes) is 1. The van der Waals surface area contributed by atoms with Crippen LogP contribution in [0.25, 0.3) is 21.8 Å². The summed E-state index contributed by atoms with van der Waals surface area (Å²) >= 11 is 0. The molecule has 0 N–H and O–H groups in total. The van der Waals surface area contributed by atoms with Gasteiger partial charge in [0.25, 0.3) is 0 Å². The van der Waals surface area contributed by atoms with Crippen LogP contribution in [0.2, 0.25) is 0 Å². The molecular formula is C44H42CsN3O4. The molecule has 7 rings (SSSR count). The summed E-state index contributed by atoms with van der Waals surface area (Å²) in [5.41, 5.74) is 8.57. The van der Waals surface area contributed by atoms with Gasteiger partial charge in [0.1, 0.15) is 23.0 Å². The second-order valence-corrected chi connectivity index (χ2v) is 12.2. The minimum Gasteiger partial charge on any atom is -0.497 e. The zero-order valence-electron chi connectivity index (χ0n) is 30.7. The van der Waals surface area contributed by atoms with Gasteiger partial charge < -0.3 is 39.7 Å². The molecule has 7 aromatic rings. The Morgan fingerprint density at radius 1 is 0.442 bits per heavy atom. The Hall–Kier alpha value is -4.03. The summed E-state index contributed by atoms with van der Waals surface area (Å²) in [5.74, 6) is 3.24. The Morgan fingerprint density at radius 2 is 0.731 bits per heavy atom. The summed E-state index contributed by atoms with van der Waals surface area (Å²) in [6.45, 7) is 3.00. The van der Waals surface area contributed by atoms with Crippen LogP contribution in [-0.4, -0.2) is 33.0 Å². The first-order valence-corrected chi connectivity index (χ1v) is 17.1. The number of hydrogen-bond donors (Lipinski definition) is 0. The third-order valence-corrected chi connectivity index (χ3v) is 9.31. The molecular weight excluding hydrogens is 767 g/mol. The third-order valence-electron chi connectivity index (χ3n) is 9.31. The number of aromatic nitrogens is 1. The van der Waals surface area contributed by atoms with E-state index in [1.807, 2.05) is 48.5 Å². The number of nitrogens with zero attached hydrogens (tertiary/aromatic N) is 3. The molecule has 0 aliphatic carbocycles. The van der Waals surface area contributed by atoms with E-state index < -0.39 is 0 Å². The van der Waals surface area contributed by atoms with Crippen LogP contribution in [0.1, 0.15) is 13.3 Å². The van der Waals surface area contributed by atoms with Crippen LogP contribution >= 0.6 is 0 Å². The first-order valence-electron chi connectivity index (χ1n) is 17.1. The summed E-state index contributed by atoms with van der Waals surface area (Å²) in [6, 6.07) is 46.3. The van der Waals surface area contributed by atoms with Crippen LogP contribution in [-0.2, 0) is 6.54 Å². The monoisotopic (exact) mass is 809 g/mol. The molecule has 0 fully saturated rings. The van der Waals surface area contributed by atoms with Gasteiger partial charge in [-0.1, -0.05) is 0 Å². The quantitative estimate of drug-likeness (QED) is 0.109. The molecule has 0 saturated heterocycles. The van der Waals surface area contributed by atoms with Crippen molar-refractivity contribution in [2.24, 2.45) is 0 Å².